The largest absolute Gasteiger partial charge is 0.378 e. The molecule has 1 aliphatic carbocycles. The molecule has 0 amide bonds. The van der Waals surface area contributed by atoms with Crippen LogP contribution in [0, 0.1) is 5.92 Å². The molecule has 8 heteroatoms. The van der Waals surface area contributed by atoms with E-state index < -0.39 is 0 Å². The molecule has 3 aliphatic heterocycles. The molecule has 4 aliphatic rings. The molecule has 1 aromatic carbocycles. The summed E-state index contributed by atoms with van der Waals surface area (Å²) < 4.78 is 5.53. The average molecular weight is 377 g/mol. The summed E-state index contributed by atoms with van der Waals surface area (Å²) in [7, 11) is 0. The Morgan fingerprint density at radius 3 is 2.93 bits per heavy atom. The molecule has 1 unspecified atom stereocenters. The molecule has 28 heavy (non-hydrogen) atoms. The van der Waals surface area contributed by atoms with E-state index in [1.54, 1.807) is 6.33 Å². The Bertz CT molecular complexity index is 997. The van der Waals surface area contributed by atoms with Gasteiger partial charge in [-0.15, -0.1) is 0 Å². The lowest BCUT2D eigenvalue weighted by Gasteiger charge is -2.35. The molecular formula is C20H23N7O. The van der Waals surface area contributed by atoms with Crippen molar-refractivity contribution in [3.63, 3.8) is 0 Å². The number of aromatic amines is 1. The van der Waals surface area contributed by atoms with Gasteiger partial charge in [-0.3, -0.25) is 0 Å². The van der Waals surface area contributed by atoms with Crippen LogP contribution >= 0.6 is 0 Å². The van der Waals surface area contributed by atoms with Gasteiger partial charge in [-0.2, -0.15) is 0 Å². The molecule has 1 atom stereocenters. The highest BCUT2D eigenvalue weighted by Crippen LogP contribution is 2.35. The molecule has 2 N–H and O–H groups in total. The first-order valence-electron chi connectivity index (χ1n) is 10.0. The second kappa shape index (κ2) is 6.34. The van der Waals surface area contributed by atoms with Crippen LogP contribution in [0.1, 0.15) is 18.4 Å². The summed E-state index contributed by atoms with van der Waals surface area (Å²) in [6.07, 6.45) is 6.29. The van der Waals surface area contributed by atoms with Gasteiger partial charge in [0.15, 0.2) is 6.17 Å². The van der Waals surface area contributed by atoms with Crippen LogP contribution in [0.4, 0.5) is 0 Å². The number of hydrogen-bond acceptors (Lipinski definition) is 7. The zero-order valence-corrected chi connectivity index (χ0v) is 15.6. The standard InChI is InChI=1S/C20H23N7O/c1-2-13(1)10-27-12-23-18-17(14-3-4-15-16(9-14)22-11-21-15)24-20(25-19(18)27)26-5-7-28-8-6-26/h3-4,9,11-13,19H,1-2,5-8,10H2,(H,21,22)(H,24,25). The van der Waals surface area contributed by atoms with Gasteiger partial charge in [-0.05, 0) is 30.9 Å². The Kier molecular flexibility index (Phi) is 3.65. The number of H-pyrrole nitrogens is 1. The maximum Gasteiger partial charge on any atom is 0.201 e. The number of aliphatic imine (C=N–C) groups is 2. The van der Waals surface area contributed by atoms with E-state index in [9.17, 15) is 0 Å². The molecule has 0 bridgehead atoms. The van der Waals surface area contributed by atoms with Crippen LogP contribution in [0.3, 0.4) is 0 Å². The van der Waals surface area contributed by atoms with Crippen molar-refractivity contribution in [3.05, 3.63) is 35.8 Å². The van der Waals surface area contributed by atoms with Crippen LogP contribution in [0.25, 0.3) is 16.7 Å². The van der Waals surface area contributed by atoms with Gasteiger partial charge in [0.1, 0.15) is 5.70 Å². The van der Waals surface area contributed by atoms with Gasteiger partial charge in [0.25, 0.3) is 0 Å². The van der Waals surface area contributed by atoms with E-state index in [1.165, 1.54) is 12.8 Å². The van der Waals surface area contributed by atoms with Crippen LogP contribution in [-0.4, -0.2) is 71.1 Å². The maximum absolute atomic E-state index is 5.53. The molecule has 2 fully saturated rings. The van der Waals surface area contributed by atoms with E-state index in [4.69, 9.17) is 14.7 Å². The van der Waals surface area contributed by atoms with Crippen molar-refractivity contribution in [2.75, 3.05) is 32.8 Å². The minimum absolute atomic E-state index is 0.0489. The summed E-state index contributed by atoms with van der Waals surface area (Å²) in [5.74, 6) is 1.70. The summed E-state index contributed by atoms with van der Waals surface area (Å²) in [5.41, 5.74) is 5.12. The zero-order valence-electron chi connectivity index (χ0n) is 15.6. The predicted octanol–water partition coefficient (Wildman–Crippen LogP) is 1.60. The van der Waals surface area contributed by atoms with Crippen molar-refractivity contribution in [1.29, 1.82) is 0 Å². The van der Waals surface area contributed by atoms with Gasteiger partial charge in [0, 0.05) is 25.2 Å². The molecule has 1 aromatic heterocycles. The van der Waals surface area contributed by atoms with Gasteiger partial charge < -0.3 is 24.8 Å². The molecule has 1 saturated heterocycles. The van der Waals surface area contributed by atoms with Gasteiger partial charge in [-0.25, -0.2) is 15.0 Å². The molecular weight excluding hydrogens is 354 g/mol. The second-order valence-corrected chi connectivity index (χ2v) is 7.83. The van der Waals surface area contributed by atoms with Crippen molar-refractivity contribution >= 4 is 29.0 Å². The van der Waals surface area contributed by atoms with Crippen LogP contribution in [0.15, 0.2) is 40.2 Å². The highest BCUT2D eigenvalue weighted by Gasteiger charge is 2.37. The molecule has 2 aromatic rings. The number of rotatable bonds is 3. The molecule has 0 radical (unpaired) electrons. The van der Waals surface area contributed by atoms with E-state index in [0.717, 1.165) is 72.7 Å². The lowest BCUT2D eigenvalue weighted by atomic mass is 10.1. The fraction of sp³-hybridized carbons (Fsp3) is 0.450. The summed E-state index contributed by atoms with van der Waals surface area (Å²) in [6.45, 7) is 4.21. The van der Waals surface area contributed by atoms with Gasteiger partial charge in [0.05, 0.1) is 42.6 Å². The number of guanidine groups is 1. The monoisotopic (exact) mass is 377 g/mol. The van der Waals surface area contributed by atoms with Crippen molar-refractivity contribution < 1.29 is 4.74 Å². The minimum Gasteiger partial charge on any atom is -0.378 e. The smallest absolute Gasteiger partial charge is 0.201 e. The number of ether oxygens (including phenoxy) is 1. The van der Waals surface area contributed by atoms with Crippen LogP contribution in [0.2, 0.25) is 0 Å². The zero-order chi connectivity index (χ0) is 18.5. The highest BCUT2D eigenvalue weighted by atomic mass is 16.5. The first-order valence-corrected chi connectivity index (χ1v) is 10.0. The van der Waals surface area contributed by atoms with Gasteiger partial charge in [-0.1, -0.05) is 6.07 Å². The number of hydrogen-bond donors (Lipinski definition) is 2. The number of nitrogens with one attached hydrogen (secondary N) is 2. The molecule has 144 valence electrons. The Hall–Kier alpha value is -2.87. The maximum atomic E-state index is 5.53. The van der Waals surface area contributed by atoms with Crippen LogP contribution < -0.4 is 5.32 Å². The molecule has 8 nitrogen and oxygen atoms in total. The van der Waals surface area contributed by atoms with Crippen molar-refractivity contribution in [2.24, 2.45) is 15.9 Å². The summed E-state index contributed by atoms with van der Waals surface area (Å²) in [5, 5.41) is 3.58. The molecule has 1 saturated carbocycles. The number of aromatic nitrogens is 2. The fourth-order valence-corrected chi connectivity index (χ4v) is 4.07. The molecule has 0 spiro atoms. The summed E-state index contributed by atoms with van der Waals surface area (Å²) in [4.78, 5) is 21.9. The predicted molar refractivity (Wildman–Crippen MR) is 108 cm³/mol. The Labute approximate surface area is 163 Å². The lowest BCUT2D eigenvalue weighted by molar-refractivity contribution is 0.0664. The van der Waals surface area contributed by atoms with Crippen LogP contribution in [0.5, 0.6) is 0 Å². The van der Waals surface area contributed by atoms with Gasteiger partial charge in [0.2, 0.25) is 5.96 Å². The highest BCUT2D eigenvalue weighted by molar-refractivity contribution is 5.95. The van der Waals surface area contributed by atoms with Crippen molar-refractivity contribution in [2.45, 2.75) is 19.0 Å². The first-order chi connectivity index (χ1) is 13.8. The third-order valence-electron chi connectivity index (χ3n) is 5.83. The normalized spacial score (nSPS) is 24.6. The quantitative estimate of drug-likeness (QED) is 0.849. The Balaban J connectivity index is 1.39. The average Bonchev–Trinajstić information content (AvgIpc) is 3.28. The number of morpholine rings is 1. The first kappa shape index (κ1) is 16.1. The van der Waals surface area contributed by atoms with E-state index in [1.807, 2.05) is 12.4 Å². The molecule has 6 rings (SSSR count). The Morgan fingerprint density at radius 1 is 1.18 bits per heavy atom. The van der Waals surface area contributed by atoms with Crippen LogP contribution in [-0.2, 0) is 4.74 Å². The lowest BCUT2D eigenvalue weighted by Crippen LogP contribution is -2.50. The van der Waals surface area contributed by atoms with E-state index >= 15 is 0 Å². The van der Waals surface area contributed by atoms with E-state index in [0.29, 0.717) is 0 Å². The summed E-state index contributed by atoms with van der Waals surface area (Å²) >= 11 is 0. The van der Waals surface area contributed by atoms with E-state index in [2.05, 4.69) is 37.2 Å². The number of fused-ring (bicyclic) bond motifs is 2. The Morgan fingerprint density at radius 2 is 2.07 bits per heavy atom. The van der Waals surface area contributed by atoms with Gasteiger partial charge >= 0.3 is 0 Å². The number of benzene rings is 1. The minimum atomic E-state index is -0.0489. The third kappa shape index (κ3) is 2.75. The second-order valence-electron chi connectivity index (χ2n) is 7.83. The fourth-order valence-electron chi connectivity index (χ4n) is 4.07. The third-order valence-corrected chi connectivity index (χ3v) is 5.83. The van der Waals surface area contributed by atoms with Crippen molar-refractivity contribution in [1.82, 2.24) is 25.1 Å². The summed E-state index contributed by atoms with van der Waals surface area (Å²) in [6, 6.07) is 6.29. The van der Waals surface area contributed by atoms with E-state index in [-0.39, 0.29) is 6.17 Å². The number of imidazole rings is 1. The van der Waals surface area contributed by atoms with Crippen molar-refractivity contribution in [3.8, 4) is 0 Å². The topological polar surface area (TPSA) is 81.1 Å². The number of nitrogens with zero attached hydrogens (tertiary/aromatic N) is 5. The SMILES string of the molecule is C1=NC2=C(c3ccc4nc[nH]c4c3)NC(N3CCOCC3)=NC2N1CC1CC1. The molecule has 4 heterocycles.